The number of hydrogen-bond donors (Lipinski definition) is 1. The van der Waals surface area contributed by atoms with Crippen molar-refractivity contribution in [1.82, 2.24) is 9.97 Å². The molecule has 2 aromatic heterocycles. The molecule has 0 saturated carbocycles. The van der Waals surface area contributed by atoms with Gasteiger partial charge >= 0.3 is 0 Å². The van der Waals surface area contributed by atoms with Crippen LogP contribution < -0.4 is 5.32 Å². The van der Waals surface area contributed by atoms with Crippen molar-refractivity contribution in [2.24, 2.45) is 0 Å². The summed E-state index contributed by atoms with van der Waals surface area (Å²) in [5, 5.41) is 2.88. The Hall–Kier alpha value is -2.99. The van der Waals surface area contributed by atoms with Crippen LogP contribution in [0, 0.1) is 6.92 Å². The maximum Gasteiger partial charge on any atom is 0.229 e. The van der Waals surface area contributed by atoms with E-state index in [9.17, 15) is 9.59 Å². The molecule has 1 N–H and O–H groups in total. The molecule has 1 aromatic carbocycles. The van der Waals surface area contributed by atoms with Gasteiger partial charge in [0.1, 0.15) is 5.82 Å². The lowest BCUT2D eigenvalue weighted by atomic mass is 9.69. The number of rotatable bonds is 6. The van der Waals surface area contributed by atoms with E-state index in [4.69, 9.17) is 0 Å². The van der Waals surface area contributed by atoms with Gasteiger partial charge in [0.25, 0.3) is 0 Å². The maximum atomic E-state index is 13.3. The zero-order valence-electron chi connectivity index (χ0n) is 18.6. The van der Waals surface area contributed by atoms with Crippen LogP contribution in [-0.2, 0) is 23.1 Å². The van der Waals surface area contributed by atoms with E-state index in [0.29, 0.717) is 24.2 Å². The van der Waals surface area contributed by atoms with E-state index in [0.717, 1.165) is 28.3 Å². The average Bonchev–Trinajstić information content (AvgIpc) is 2.78. The van der Waals surface area contributed by atoms with E-state index in [1.807, 2.05) is 50.2 Å². The number of ketones is 1. The van der Waals surface area contributed by atoms with Gasteiger partial charge in [-0.1, -0.05) is 25.1 Å². The van der Waals surface area contributed by atoms with E-state index in [1.165, 1.54) is 4.90 Å². The topological polar surface area (TPSA) is 72.0 Å². The van der Waals surface area contributed by atoms with Gasteiger partial charge in [-0.25, -0.2) is 4.98 Å². The van der Waals surface area contributed by atoms with E-state index in [-0.39, 0.29) is 18.1 Å². The summed E-state index contributed by atoms with van der Waals surface area (Å²) in [7, 11) is 0. The second-order valence-corrected chi connectivity index (χ2v) is 9.68. The number of amides is 1. The Balaban J connectivity index is 1.46. The van der Waals surface area contributed by atoms with Crippen LogP contribution in [0.3, 0.4) is 0 Å². The van der Waals surface area contributed by atoms with Crippen LogP contribution in [0.25, 0.3) is 0 Å². The number of anilines is 1. The molecule has 0 fully saturated rings. The highest BCUT2D eigenvalue weighted by atomic mass is 32.2. The van der Waals surface area contributed by atoms with Crippen molar-refractivity contribution in [3.63, 3.8) is 0 Å². The minimum atomic E-state index is -0.609. The molecule has 0 saturated heterocycles. The number of fused-ring (bicyclic) bond motifs is 1. The third-order valence-electron chi connectivity index (χ3n) is 6.00. The standard InChI is InChI=1S/C26H27N3O2S/c1-4-32-20-9-6-18(7-10-20)15-24(30)29-23-12-11-21-22(28-23)13-14-26(3,25(21)31)19-8-5-17(2)27-16-19/h5-12,16H,4,13-15H2,1-3H3,(H,28,29,30). The molecule has 1 unspecified atom stereocenters. The third-order valence-corrected chi connectivity index (χ3v) is 6.89. The van der Waals surface area contributed by atoms with Gasteiger partial charge in [-0.3, -0.25) is 14.6 Å². The van der Waals surface area contributed by atoms with E-state index >= 15 is 0 Å². The molecule has 1 aliphatic carbocycles. The number of aromatic nitrogens is 2. The molecule has 32 heavy (non-hydrogen) atoms. The number of nitrogens with zero attached hydrogens (tertiary/aromatic N) is 2. The third kappa shape index (κ3) is 4.60. The smallest absolute Gasteiger partial charge is 0.229 e. The lowest BCUT2D eigenvalue weighted by Crippen LogP contribution is -2.38. The summed E-state index contributed by atoms with van der Waals surface area (Å²) < 4.78 is 0. The fraction of sp³-hybridized carbons (Fsp3) is 0.308. The molecule has 0 spiro atoms. The van der Waals surface area contributed by atoms with E-state index in [1.54, 1.807) is 30.1 Å². The summed E-state index contributed by atoms with van der Waals surface area (Å²) in [6.45, 7) is 6.03. The molecule has 0 aliphatic heterocycles. The Morgan fingerprint density at radius 3 is 2.59 bits per heavy atom. The number of nitrogens with one attached hydrogen (secondary N) is 1. The molecular formula is C26H27N3O2S. The average molecular weight is 446 g/mol. The second kappa shape index (κ2) is 9.25. The lowest BCUT2D eigenvalue weighted by Gasteiger charge is -2.33. The molecule has 4 rings (SSSR count). The molecule has 3 aromatic rings. The van der Waals surface area contributed by atoms with Crippen LogP contribution in [0.1, 0.15) is 53.1 Å². The summed E-state index contributed by atoms with van der Waals surface area (Å²) in [6.07, 6.45) is 3.42. The lowest BCUT2D eigenvalue weighted by molar-refractivity contribution is -0.115. The van der Waals surface area contributed by atoms with Gasteiger partial charge < -0.3 is 5.32 Å². The molecular weight excluding hydrogens is 418 g/mol. The van der Waals surface area contributed by atoms with Gasteiger partial charge in [-0.2, -0.15) is 0 Å². The van der Waals surface area contributed by atoms with E-state index < -0.39 is 5.41 Å². The highest BCUT2D eigenvalue weighted by molar-refractivity contribution is 7.99. The van der Waals surface area contributed by atoms with Crippen molar-refractivity contribution in [3.8, 4) is 0 Å². The fourth-order valence-electron chi connectivity index (χ4n) is 4.06. The summed E-state index contributed by atoms with van der Waals surface area (Å²) in [5.74, 6) is 1.44. The SMILES string of the molecule is CCSc1ccc(CC(=O)Nc2ccc3c(n2)CCC(C)(c2ccc(C)nc2)C3=O)cc1. The Labute approximate surface area is 193 Å². The summed E-state index contributed by atoms with van der Waals surface area (Å²) >= 11 is 1.78. The molecule has 1 amide bonds. The zero-order valence-corrected chi connectivity index (χ0v) is 19.5. The minimum absolute atomic E-state index is 0.0554. The normalized spacial score (nSPS) is 17.7. The molecule has 164 valence electrons. The fourth-order valence-corrected chi connectivity index (χ4v) is 4.72. The van der Waals surface area contributed by atoms with Crippen molar-refractivity contribution in [1.29, 1.82) is 0 Å². The molecule has 5 nitrogen and oxygen atoms in total. The Morgan fingerprint density at radius 2 is 1.91 bits per heavy atom. The maximum absolute atomic E-state index is 13.3. The summed E-state index contributed by atoms with van der Waals surface area (Å²) in [4.78, 5) is 36.0. The highest BCUT2D eigenvalue weighted by Crippen LogP contribution is 2.37. The number of pyridine rings is 2. The van der Waals surface area contributed by atoms with Gasteiger partial charge in [-0.15, -0.1) is 11.8 Å². The molecule has 0 bridgehead atoms. The summed E-state index contributed by atoms with van der Waals surface area (Å²) in [6, 6.07) is 15.5. The van der Waals surface area contributed by atoms with Crippen LogP contribution >= 0.6 is 11.8 Å². The van der Waals surface area contributed by atoms with Crippen LogP contribution in [0.15, 0.2) is 59.6 Å². The van der Waals surface area contributed by atoms with Crippen molar-refractivity contribution >= 4 is 29.3 Å². The molecule has 2 heterocycles. The van der Waals surface area contributed by atoms with Crippen molar-refractivity contribution in [2.45, 2.75) is 50.3 Å². The van der Waals surface area contributed by atoms with Crippen LogP contribution in [0.5, 0.6) is 0 Å². The second-order valence-electron chi connectivity index (χ2n) is 8.34. The first kappa shape index (κ1) is 22.2. The molecule has 1 aliphatic rings. The number of aryl methyl sites for hydroxylation is 2. The number of thioether (sulfide) groups is 1. The van der Waals surface area contributed by atoms with Crippen molar-refractivity contribution < 1.29 is 9.59 Å². The van der Waals surface area contributed by atoms with Crippen molar-refractivity contribution in [3.05, 3.63) is 82.8 Å². The zero-order chi connectivity index (χ0) is 22.7. The van der Waals surface area contributed by atoms with Crippen LogP contribution in [0.4, 0.5) is 5.82 Å². The molecule has 1 atom stereocenters. The number of carbonyl (C=O) groups excluding carboxylic acids is 2. The molecule has 0 radical (unpaired) electrons. The predicted octanol–water partition coefficient (Wildman–Crippen LogP) is 5.17. The monoisotopic (exact) mass is 445 g/mol. The van der Waals surface area contributed by atoms with Gasteiger partial charge in [0.05, 0.1) is 17.5 Å². The predicted molar refractivity (Wildman–Crippen MR) is 128 cm³/mol. The first-order chi connectivity index (χ1) is 15.4. The minimum Gasteiger partial charge on any atom is -0.310 e. The van der Waals surface area contributed by atoms with Gasteiger partial charge in [0.2, 0.25) is 5.91 Å². The first-order valence-corrected chi connectivity index (χ1v) is 11.9. The van der Waals surface area contributed by atoms with Crippen LogP contribution in [-0.4, -0.2) is 27.4 Å². The number of hydrogen-bond acceptors (Lipinski definition) is 5. The Kier molecular flexibility index (Phi) is 6.42. The largest absolute Gasteiger partial charge is 0.310 e. The number of Topliss-reactive ketones (excluding diaryl/α,β-unsaturated/α-hetero) is 1. The Morgan fingerprint density at radius 1 is 1.12 bits per heavy atom. The first-order valence-electron chi connectivity index (χ1n) is 10.9. The van der Waals surface area contributed by atoms with Gasteiger partial charge in [0.15, 0.2) is 5.78 Å². The number of benzene rings is 1. The highest BCUT2D eigenvalue weighted by Gasteiger charge is 2.40. The quantitative estimate of drug-likeness (QED) is 0.530. The van der Waals surface area contributed by atoms with Gasteiger partial charge in [-0.05, 0) is 73.9 Å². The Bertz CT molecular complexity index is 1140. The number of carbonyl (C=O) groups is 2. The summed E-state index contributed by atoms with van der Waals surface area (Å²) in [5.41, 5.74) is 3.58. The van der Waals surface area contributed by atoms with Crippen LogP contribution in [0.2, 0.25) is 0 Å². The molecule has 6 heteroatoms. The van der Waals surface area contributed by atoms with Gasteiger partial charge in [0, 0.05) is 22.3 Å². The van der Waals surface area contributed by atoms with Crippen molar-refractivity contribution in [2.75, 3.05) is 11.1 Å². The van der Waals surface area contributed by atoms with E-state index in [2.05, 4.69) is 22.2 Å².